The molecule has 488 valence electrons. The van der Waals surface area contributed by atoms with Crippen LogP contribution in [0.4, 0.5) is 0 Å². The van der Waals surface area contributed by atoms with E-state index >= 15 is 0 Å². The first-order valence-corrected chi connectivity index (χ1v) is 34.8. The van der Waals surface area contributed by atoms with Crippen molar-refractivity contribution in [2.45, 2.75) is 0 Å². The highest BCUT2D eigenvalue weighted by molar-refractivity contribution is 6.07. The van der Waals surface area contributed by atoms with Crippen LogP contribution in [0.25, 0.3) is 190 Å². The van der Waals surface area contributed by atoms with Crippen molar-refractivity contribution in [3.05, 3.63) is 376 Å². The van der Waals surface area contributed by atoms with E-state index in [1.54, 1.807) is 0 Å². The second-order valence-corrected chi connectivity index (χ2v) is 25.8. The fraction of sp³-hybridized carbons (Fsp3) is 0. The first-order chi connectivity index (χ1) is 51.5. The van der Waals surface area contributed by atoms with Crippen LogP contribution in [-0.4, -0.2) is 29.9 Å². The SMILES string of the molecule is c1ccc(-c2cc(-c3ccccc3)cc(-c3ccc(-c4nc(-c5cccc(-c6ccccc6)c5)nc(-c5ccc6c(c5)oc5ccccc56)n4)cc3)c2)cc1.c1ccc(-c2cc(-c3ccccc3)cc(-c3ccc(-c4nc(-c5ccccc5)nc(-c5ccc6c(c5)oc5ccccc56)n4)cc3)c2)cc1. The average molecular weight is 1330 g/mol. The average Bonchev–Trinajstić information content (AvgIpc) is 1.40. The van der Waals surface area contributed by atoms with Gasteiger partial charge in [-0.15, -0.1) is 0 Å². The molecule has 0 unspecified atom stereocenters. The Bertz CT molecular complexity index is 6190. The topological polar surface area (TPSA) is 104 Å². The molecule has 0 aliphatic heterocycles. The highest BCUT2D eigenvalue weighted by Crippen LogP contribution is 2.40. The van der Waals surface area contributed by atoms with Gasteiger partial charge in [-0.25, -0.2) is 29.9 Å². The largest absolute Gasteiger partial charge is 0.456 e. The van der Waals surface area contributed by atoms with E-state index in [1.165, 1.54) is 44.5 Å². The van der Waals surface area contributed by atoms with Crippen molar-refractivity contribution in [3.8, 4) is 146 Å². The zero-order valence-electron chi connectivity index (χ0n) is 56.3. The summed E-state index contributed by atoms with van der Waals surface area (Å²) < 4.78 is 12.5. The second-order valence-electron chi connectivity index (χ2n) is 25.8. The molecule has 8 nitrogen and oxygen atoms in total. The Labute approximate surface area is 601 Å². The van der Waals surface area contributed by atoms with Crippen LogP contribution >= 0.6 is 0 Å². The van der Waals surface area contributed by atoms with Gasteiger partial charge in [-0.3, -0.25) is 0 Å². The summed E-state index contributed by atoms with van der Waals surface area (Å²) in [7, 11) is 0. The number of nitrogens with zero attached hydrogens (tertiary/aromatic N) is 6. The number of hydrogen-bond acceptors (Lipinski definition) is 8. The van der Waals surface area contributed by atoms with Gasteiger partial charge in [-0.05, 0) is 157 Å². The number of benzene rings is 15. The number of para-hydroxylation sites is 2. The van der Waals surface area contributed by atoms with Crippen molar-refractivity contribution < 1.29 is 8.83 Å². The lowest BCUT2D eigenvalue weighted by molar-refractivity contribution is 0.668. The lowest BCUT2D eigenvalue weighted by Gasteiger charge is -2.12. The van der Waals surface area contributed by atoms with Crippen molar-refractivity contribution in [1.82, 2.24) is 29.9 Å². The molecule has 4 heterocycles. The molecule has 0 N–H and O–H groups in total. The van der Waals surface area contributed by atoms with Gasteiger partial charge in [0.05, 0.1) is 0 Å². The van der Waals surface area contributed by atoms with Gasteiger partial charge in [-0.2, -0.15) is 0 Å². The number of hydrogen-bond donors (Lipinski definition) is 0. The number of fused-ring (bicyclic) bond motifs is 6. The Morgan fingerprint density at radius 1 is 0.125 bits per heavy atom. The first-order valence-electron chi connectivity index (χ1n) is 34.8. The van der Waals surface area contributed by atoms with Gasteiger partial charge in [0, 0.05) is 54.9 Å². The molecule has 0 bridgehead atoms. The maximum atomic E-state index is 6.27. The van der Waals surface area contributed by atoms with E-state index < -0.39 is 0 Å². The highest BCUT2D eigenvalue weighted by atomic mass is 16.3. The first kappa shape index (κ1) is 62.2. The molecule has 0 amide bonds. The molecule has 8 heteroatoms. The molecule has 0 aliphatic rings. The van der Waals surface area contributed by atoms with Crippen LogP contribution in [-0.2, 0) is 0 Å². The predicted molar refractivity (Wildman–Crippen MR) is 425 cm³/mol. The molecule has 0 saturated carbocycles. The van der Waals surface area contributed by atoms with E-state index in [9.17, 15) is 0 Å². The van der Waals surface area contributed by atoms with E-state index in [-0.39, 0.29) is 0 Å². The summed E-state index contributed by atoms with van der Waals surface area (Å²) in [5.41, 5.74) is 24.9. The van der Waals surface area contributed by atoms with E-state index in [1.807, 2.05) is 84.9 Å². The normalized spacial score (nSPS) is 11.3. The summed E-state index contributed by atoms with van der Waals surface area (Å²) >= 11 is 0. The van der Waals surface area contributed by atoms with E-state index in [2.05, 4.69) is 291 Å². The summed E-state index contributed by atoms with van der Waals surface area (Å²) in [6.07, 6.45) is 0. The second kappa shape index (κ2) is 27.6. The van der Waals surface area contributed by atoms with Gasteiger partial charge >= 0.3 is 0 Å². The van der Waals surface area contributed by atoms with E-state index in [4.69, 9.17) is 38.7 Å². The van der Waals surface area contributed by atoms with Gasteiger partial charge in [0.25, 0.3) is 0 Å². The van der Waals surface area contributed by atoms with Crippen LogP contribution < -0.4 is 0 Å². The molecule has 4 aromatic heterocycles. The molecule has 15 aromatic carbocycles. The van der Waals surface area contributed by atoms with Crippen LogP contribution in [0.5, 0.6) is 0 Å². The Balaban J connectivity index is 0.000000149. The smallest absolute Gasteiger partial charge is 0.164 e. The quantitative estimate of drug-likeness (QED) is 0.112. The lowest BCUT2D eigenvalue weighted by atomic mass is 9.93. The van der Waals surface area contributed by atoms with Crippen molar-refractivity contribution in [3.63, 3.8) is 0 Å². The molecule has 0 atom stereocenters. The van der Waals surface area contributed by atoms with Gasteiger partial charge in [-0.1, -0.05) is 297 Å². The molecule has 19 aromatic rings. The van der Waals surface area contributed by atoms with Crippen LogP contribution in [0.3, 0.4) is 0 Å². The fourth-order valence-corrected chi connectivity index (χ4v) is 13.7. The third-order valence-corrected chi connectivity index (χ3v) is 19.1. The summed E-state index contributed by atoms with van der Waals surface area (Å²) in [6.45, 7) is 0. The molecule has 0 spiro atoms. The van der Waals surface area contributed by atoms with Crippen molar-refractivity contribution in [2.75, 3.05) is 0 Å². The van der Waals surface area contributed by atoms with E-state index in [0.717, 1.165) is 111 Å². The maximum Gasteiger partial charge on any atom is 0.164 e. The molecular formula is C96H62N6O2. The van der Waals surface area contributed by atoms with Crippen LogP contribution in [0, 0.1) is 0 Å². The van der Waals surface area contributed by atoms with E-state index in [0.29, 0.717) is 34.9 Å². The number of rotatable bonds is 13. The van der Waals surface area contributed by atoms with Crippen molar-refractivity contribution >= 4 is 43.9 Å². The third kappa shape index (κ3) is 12.8. The zero-order chi connectivity index (χ0) is 69.1. The fourth-order valence-electron chi connectivity index (χ4n) is 13.7. The van der Waals surface area contributed by atoms with Crippen LogP contribution in [0.15, 0.2) is 385 Å². The summed E-state index contributed by atoms with van der Waals surface area (Å²) in [5.74, 6) is 3.62. The number of furan rings is 2. The molecule has 0 aliphatic carbocycles. The summed E-state index contributed by atoms with van der Waals surface area (Å²) in [4.78, 5) is 30.2. The van der Waals surface area contributed by atoms with Crippen molar-refractivity contribution in [1.29, 1.82) is 0 Å². The zero-order valence-corrected chi connectivity index (χ0v) is 56.3. The molecule has 0 radical (unpaired) electrons. The monoisotopic (exact) mass is 1330 g/mol. The molecule has 104 heavy (non-hydrogen) atoms. The Kier molecular flexibility index (Phi) is 16.5. The van der Waals surface area contributed by atoms with Gasteiger partial charge < -0.3 is 8.83 Å². The predicted octanol–water partition coefficient (Wildman–Crippen LogP) is 25.2. The van der Waals surface area contributed by atoms with Crippen molar-refractivity contribution in [2.24, 2.45) is 0 Å². The molecule has 0 saturated heterocycles. The summed E-state index contributed by atoms with van der Waals surface area (Å²) in [6, 6.07) is 130. The third-order valence-electron chi connectivity index (χ3n) is 19.1. The van der Waals surface area contributed by atoms with Gasteiger partial charge in [0.1, 0.15) is 22.3 Å². The minimum atomic E-state index is 0.583. The number of aromatic nitrogens is 6. The molecule has 0 fully saturated rings. The van der Waals surface area contributed by atoms with Gasteiger partial charge in [0.2, 0.25) is 0 Å². The maximum absolute atomic E-state index is 6.27. The highest BCUT2D eigenvalue weighted by Gasteiger charge is 2.19. The minimum absolute atomic E-state index is 0.583. The minimum Gasteiger partial charge on any atom is -0.456 e. The standard InChI is InChI=1S/C51H33N3O.C45H29N3O/c1-4-13-34(14-5-1)39-19-12-20-40(29-39)50-52-49(53-51(54-50)41-27-28-46-45-21-10-11-22-47(45)55-48(46)33-41)38-25-23-37(24-26-38)44-31-42(35-15-6-2-7-16-35)30-43(32-44)36-17-8-3-9-18-36;1-4-12-30(13-5-1)36-26-37(31-14-6-2-7-15-31)28-38(27-36)32-20-22-34(23-21-32)44-46-43(33-16-8-3-9-17-33)47-45(48-44)35-24-25-40-39-18-10-11-19-41(39)49-42(40)29-35/h1-33H;1-29H. The Morgan fingerprint density at radius 2 is 0.327 bits per heavy atom. The Morgan fingerprint density at radius 3 is 0.663 bits per heavy atom. The van der Waals surface area contributed by atoms with Crippen LogP contribution in [0.1, 0.15) is 0 Å². The molecular weight excluding hydrogens is 1270 g/mol. The van der Waals surface area contributed by atoms with Crippen LogP contribution in [0.2, 0.25) is 0 Å². The lowest BCUT2D eigenvalue weighted by Crippen LogP contribution is -2.00. The Hall–Kier alpha value is -14.1. The summed E-state index contributed by atoms with van der Waals surface area (Å²) in [5, 5.41) is 4.31. The van der Waals surface area contributed by atoms with Gasteiger partial charge in [0.15, 0.2) is 34.9 Å². The molecule has 19 rings (SSSR count).